The molecule has 2 heterocycles. The molecule has 0 unspecified atom stereocenters. The van der Waals surface area contributed by atoms with E-state index >= 15 is 0 Å². The van der Waals surface area contributed by atoms with Crippen LogP contribution in [0.25, 0.3) is 5.69 Å². The fraction of sp³-hybridized carbons (Fsp3) is 0.143. The Morgan fingerprint density at radius 2 is 2.42 bits per heavy atom. The number of imidazole rings is 1. The second kappa shape index (κ2) is 2.60. The average Bonchev–Trinajstić information content (AvgIpc) is 2.58. The third kappa shape index (κ3) is 1.08. The SMILES string of the molecule is Cn1cc(-n2cc[nH]c2=S)cn1. The first-order chi connectivity index (χ1) is 5.77. The summed E-state index contributed by atoms with van der Waals surface area (Å²) >= 11 is 5.05. The molecule has 0 amide bonds. The van der Waals surface area contributed by atoms with Crippen LogP contribution in [0.15, 0.2) is 24.8 Å². The molecule has 2 aromatic heterocycles. The average molecular weight is 180 g/mol. The van der Waals surface area contributed by atoms with Crippen molar-refractivity contribution in [3.05, 3.63) is 29.6 Å². The van der Waals surface area contributed by atoms with Crippen molar-refractivity contribution in [1.82, 2.24) is 19.3 Å². The molecular weight excluding hydrogens is 172 g/mol. The zero-order valence-corrected chi connectivity index (χ0v) is 7.38. The number of hydrogen-bond acceptors (Lipinski definition) is 2. The molecule has 2 rings (SSSR count). The highest BCUT2D eigenvalue weighted by atomic mass is 32.1. The van der Waals surface area contributed by atoms with Crippen LogP contribution >= 0.6 is 12.2 Å². The van der Waals surface area contributed by atoms with Crippen LogP contribution < -0.4 is 0 Å². The summed E-state index contributed by atoms with van der Waals surface area (Å²) in [5.41, 5.74) is 0.976. The number of hydrogen-bond donors (Lipinski definition) is 1. The Hall–Kier alpha value is -1.36. The molecule has 0 aromatic carbocycles. The molecule has 2 aromatic rings. The van der Waals surface area contributed by atoms with Crippen molar-refractivity contribution >= 4 is 12.2 Å². The molecule has 0 atom stereocenters. The van der Waals surface area contributed by atoms with Crippen LogP contribution in [0, 0.1) is 4.77 Å². The van der Waals surface area contributed by atoms with Gasteiger partial charge in [-0.3, -0.25) is 9.25 Å². The van der Waals surface area contributed by atoms with Crippen LogP contribution in [-0.4, -0.2) is 19.3 Å². The zero-order valence-electron chi connectivity index (χ0n) is 6.56. The van der Waals surface area contributed by atoms with Crippen molar-refractivity contribution in [1.29, 1.82) is 0 Å². The van der Waals surface area contributed by atoms with Gasteiger partial charge in [0, 0.05) is 25.6 Å². The van der Waals surface area contributed by atoms with Crippen molar-refractivity contribution in [2.45, 2.75) is 0 Å². The molecule has 0 aliphatic heterocycles. The smallest absolute Gasteiger partial charge is 0.181 e. The fourth-order valence-electron chi connectivity index (χ4n) is 1.06. The number of nitrogens with one attached hydrogen (secondary N) is 1. The predicted octanol–water partition coefficient (Wildman–Crippen LogP) is 1.27. The largest absolute Gasteiger partial charge is 0.337 e. The van der Waals surface area contributed by atoms with Gasteiger partial charge in [-0.25, -0.2) is 0 Å². The monoisotopic (exact) mass is 180 g/mol. The molecule has 0 bridgehead atoms. The van der Waals surface area contributed by atoms with Crippen molar-refractivity contribution in [3.8, 4) is 5.69 Å². The molecule has 1 N–H and O–H groups in total. The van der Waals surface area contributed by atoms with Crippen molar-refractivity contribution in [2.24, 2.45) is 7.05 Å². The standard InChI is InChI=1S/C7H8N4S/c1-10-5-6(4-9-10)11-3-2-8-7(11)12/h2-5H,1H3,(H,8,12). The summed E-state index contributed by atoms with van der Waals surface area (Å²) in [6, 6.07) is 0. The van der Waals surface area contributed by atoms with Crippen LogP contribution in [-0.2, 0) is 7.05 Å². The molecule has 4 nitrogen and oxygen atoms in total. The summed E-state index contributed by atoms with van der Waals surface area (Å²) in [6.45, 7) is 0. The van der Waals surface area contributed by atoms with E-state index in [1.807, 2.05) is 24.0 Å². The lowest BCUT2D eigenvalue weighted by atomic mass is 10.5. The number of aromatic amines is 1. The summed E-state index contributed by atoms with van der Waals surface area (Å²) in [5, 5.41) is 4.05. The van der Waals surface area contributed by atoms with Gasteiger partial charge in [-0.1, -0.05) is 0 Å². The van der Waals surface area contributed by atoms with E-state index in [0.29, 0.717) is 4.77 Å². The fourth-order valence-corrected chi connectivity index (χ4v) is 1.29. The molecule has 0 fully saturated rings. The minimum Gasteiger partial charge on any atom is -0.337 e. The lowest BCUT2D eigenvalue weighted by molar-refractivity contribution is 0.767. The Labute approximate surface area is 74.5 Å². The Bertz CT molecular complexity index is 436. The van der Waals surface area contributed by atoms with Gasteiger partial charge in [0.1, 0.15) is 0 Å². The lowest BCUT2D eigenvalue weighted by Gasteiger charge is -1.93. The summed E-state index contributed by atoms with van der Waals surface area (Å²) in [5.74, 6) is 0. The van der Waals surface area contributed by atoms with E-state index in [9.17, 15) is 0 Å². The molecule has 0 aliphatic carbocycles. The summed E-state index contributed by atoms with van der Waals surface area (Å²) in [7, 11) is 1.87. The van der Waals surface area contributed by atoms with Crippen LogP contribution in [0.5, 0.6) is 0 Å². The number of rotatable bonds is 1. The van der Waals surface area contributed by atoms with Crippen molar-refractivity contribution < 1.29 is 0 Å². The van der Waals surface area contributed by atoms with Gasteiger partial charge in [0.15, 0.2) is 4.77 Å². The van der Waals surface area contributed by atoms with Gasteiger partial charge < -0.3 is 4.98 Å². The molecule has 0 aliphatic rings. The molecule has 0 spiro atoms. The quantitative estimate of drug-likeness (QED) is 0.671. The lowest BCUT2D eigenvalue weighted by Crippen LogP contribution is -1.89. The maximum Gasteiger partial charge on any atom is 0.181 e. The Morgan fingerprint density at radius 1 is 1.58 bits per heavy atom. The third-order valence-corrected chi connectivity index (χ3v) is 1.93. The van der Waals surface area contributed by atoms with Crippen LogP contribution in [0.3, 0.4) is 0 Å². The first kappa shape index (κ1) is 7.30. The maximum absolute atomic E-state index is 5.05. The van der Waals surface area contributed by atoms with Crippen LogP contribution in [0.4, 0.5) is 0 Å². The molecule has 0 saturated carbocycles. The highest BCUT2D eigenvalue weighted by Crippen LogP contribution is 2.05. The topological polar surface area (TPSA) is 38.5 Å². The van der Waals surface area contributed by atoms with Gasteiger partial charge in [0.25, 0.3) is 0 Å². The van der Waals surface area contributed by atoms with Gasteiger partial charge in [0.2, 0.25) is 0 Å². The summed E-state index contributed by atoms with van der Waals surface area (Å²) < 4.78 is 4.29. The minimum absolute atomic E-state index is 0.683. The van der Waals surface area contributed by atoms with Crippen LogP contribution in [0.2, 0.25) is 0 Å². The van der Waals surface area contributed by atoms with E-state index < -0.39 is 0 Å². The van der Waals surface area contributed by atoms with E-state index in [1.165, 1.54) is 0 Å². The minimum atomic E-state index is 0.683. The first-order valence-corrected chi connectivity index (χ1v) is 3.93. The highest BCUT2D eigenvalue weighted by Gasteiger charge is 1.98. The first-order valence-electron chi connectivity index (χ1n) is 3.52. The molecule has 0 radical (unpaired) electrons. The van der Waals surface area contributed by atoms with E-state index in [-0.39, 0.29) is 0 Å². The molecular formula is C7H8N4S. The summed E-state index contributed by atoms with van der Waals surface area (Å²) in [6.07, 6.45) is 7.35. The predicted molar refractivity (Wildman–Crippen MR) is 47.7 cm³/mol. The Kier molecular flexibility index (Phi) is 1.58. The van der Waals surface area contributed by atoms with E-state index in [2.05, 4.69) is 10.1 Å². The Morgan fingerprint density at radius 3 is 2.92 bits per heavy atom. The Balaban J connectivity index is 2.58. The highest BCUT2D eigenvalue weighted by molar-refractivity contribution is 7.71. The van der Waals surface area contributed by atoms with Gasteiger partial charge in [0.05, 0.1) is 11.9 Å². The van der Waals surface area contributed by atoms with Crippen LogP contribution in [0.1, 0.15) is 0 Å². The van der Waals surface area contributed by atoms with Crippen molar-refractivity contribution in [2.75, 3.05) is 0 Å². The zero-order chi connectivity index (χ0) is 8.55. The molecule has 12 heavy (non-hydrogen) atoms. The molecule has 62 valence electrons. The maximum atomic E-state index is 5.05. The third-order valence-electron chi connectivity index (χ3n) is 1.62. The number of nitrogens with zero attached hydrogens (tertiary/aromatic N) is 3. The van der Waals surface area contributed by atoms with Gasteiger partial charge in [-0.15, -0.1) is 0 Å². The van der Waals surface area contributed by atoms with E-state index in [0.717, 1.165) is 5.69 Å². The van der Waals surface area contributed by atoms with Crippen molar-refractivity contribution in [3.63, 3.8) is 0 Å². The number of aryl methyl sites for hydroxylation is 1. The number of aromatic nitrogens is 4. The molecule has 5 heteroatoms. The second-order valence-corrected chi connectivity index (χ2v) is 2.89. The number of H-pyrrole nitrogens is 1. The van der Waals surface area contributed by atoms with Gasteiger partial charge >= 0.3 is 0 Å². The van der Waals surface area contributed by atoms with Gasteiger partial charge in [-0.05, 0) is 12.2 Å². The summed E-state index contributed by atoms with van der Waals surface area (Å²) in [4.78, 5) is 2.92. The van der Waals surface area contributed by atoms with E-state index in [1.54, 1.807) is 17.1 Å². The van der Waals surface area contributed by atoms with E-state index in [4.69, 9.17) is 12.2 Å². The second-order valence-electron chi connectivity index (χ2n) is 2.51. The normalized spacial score (nSPS) is 10.4. The van der Waals surface area contributed by atoms with Gasteiger partial charge in [-0.2, -0.15) is 5.10 Å². The molecule has 0 saturated heterocycles.